The molecule has 27 heavy (non-hydrogen) atoms. The van der Waals surface area contributed by atoms with Gasteiger partial charge in [-0.15, -0.1) is 10.2 Å². The van der Waals surface area contributed by atoms with Crippen LogP contribution >= 0.6 is 11.6 Å². The highest BCUT2D eigenvalue weighted by Gasteiger charge is 2.22. The first-order valence-electron chi connectivity index (χ1n) is 8.36. The van der Waals surface area contributed by atoms with Crippen molar-refractivity contribution in [2.24, 2.45) is 0 Å². The van der Waals surface area contributed by atoms with Crippen LogP contribution in [0.2, 0.25) is 5.02 Å². The molecule has 0 fully saturated rings. The van der Waals surface area contributed by atoms with Crippen LogP contribution in [0.15, 0.2) is 83.3 Å². The Hall–Kier alpha value is -3.18. The van der Waals surface area contributed by atoms with E-state index in [2.05, 4.69) is 15.5 Å². The molecule has 0 bridgehead atoms. The third-order valence-electron chi connectivity index (χ3n) is 4.08. The van der Waals surface area contributed by atoms with Crippen molar-refractivity contribution in [2.75, 3.05) is 5.32 Å². The molecule has 0 amide bonds. The summed E-state index contributed by atoms with van der Waals surface area (Å²) >= 11 is 6.23. The van der Waals surface area contributed by atoms with Gasteiger partial charge >= 0.3 is 0 Å². The molecule has 3 aromatic carbocycles. The van der Waals surface area contributed by atoms with Crippen molar-refractivity contribution in [3.05, 3.63) is 101 Å². The Balaban J connectivity index is 1.71. The predicted octanol–water partition coefficient (Wildman–Crippen LogP) is 5.73. The van der Waals surface area contributed by atoms with E-state index in [-0.39, 0.29) is 11.9 Å². The highest BCUT2D eigenvalue weighted by atomic mass is 35.5. The Morgan fingerprint density at radius 2 is 1.56 bits per heavy atom. The van der Waals surface area contributed by atoms with Gasteiger partial charge in [0.2, 0.25) is 11.8 Å². The Morgan fingerprint density at radius 3 is 2.30 bits per heavy atom. The van der Waals surface area contributed by atoms with Crippen LogP contribution in [-0.2, 0) is 0 Å². The van der Waals surface area contributed by atoms with Crippen molar-refractivity contribution in [2.45, 2.75) is 6.04 Å². The minimum absolute atomic E-state index is 0.296. The molecule has 4 rings (SSSR count). The molecule has 134 valence electrons. The molecule has 1 N–H and O–H groups in total. The molecular weight excluding hydrogens is 365 g/mol. The van der Waals surface area contributed by atoms with Gasteiger partial charge in [-0.2, -0.15) is 0 Å². The van der Waals surface area contributed by atoms with Crippen molar-refractivity contribution in [1.29, 1.82) is 0 Å². The minimum atomic E-state index is -0.389. The molecule has 4 nitrogen and oxygen atoms in total. The predicted molar refractivity (Wildman–Crippen MR) is 103 cm³/mol. The standard InChI is InChI=1S/C21H15ClFN3O/c22-18-9-5-4-8-17(18)20-25-26-21(27-20)19(14-6-2-1-3-7-14)24-16-12-10-15(23)11-13-16/h1-13,19,24H/t19-/m0/s1. The summed E-state index contributed by atoms with van der Waals surface area (Å²) in [6.07, 6.45) is 0. The summed E-state index contributed by atoms with van der Waals surface area (Å²) in [5, 5.41) is 12.2. The minimum Gasteiger partial charge on any atom is -0.418 e. The molecule has 0 saturated heterocycles. The van der Waals surface area contributed by atoms with Crippen LogP contribution in [0.4, 0.5) is 10.1 Å². The first kappa shape index (κ1) is 17.2. The number of benzene rings is 3. The second-order valence-corrected chi connectivity index (χ2v) is 6.33. The molecular formula is C21H15ClFN3O. The van der Waals surface area contributed by atoms with Crippen molar-refractivity contribution < 1.29 is 8.81 Å². The molecule has 1 aromatic heterocycles. The van der Waals surface area contributed by atoms with Crippen molar-refractivity contribution in [3.8, 4) is 11.5 Å². The maximum absolute atomic E-state index is 13.2. The van der Waals surface area contributed by atoms with Crippen LogP contribution in [0.3, 0.4) is 0 Å². The van der Waals surface area contributed by atoms with Crippen LogP contribution in [0, 0.1) is 5.82 Å². The summed E-state index contributed by atoms with van der Waals surface area (Å²) in [5.74, 6) is 0.438. The van der Waals surface area contributed by atoms with E-state index >= 15 is 0 Å². The number of halogens is 2. The Bertz CT molecular complexity index is 1030. The maximum atomic E-state index is 13.2. The fourth-order valence-corrected chi connectivity index (χ4v) is 2.96. The third kappa shape index (κ3) is 3.83. The van der Waals surface area contributed by atoms with E-state index in [1.807, 2.05) is 48.5 Å². The number of rotatable bonds is 5. The largest absolute Gasteiger partial charge is 0.418 e. The van der Waals surface area contributed by atoms with Crippen molar-refractivity contribution in [1.82, 2.24) is 10.2 Å². The van der Waals surface area contributed by atoms with E-state index in [1.54, 1.807) is 18.2 Å². The zero-order valence-electron chi connectivity index (χ0n) is 14.1. The number of aromatic nitrogens is 2. The zero-order valence-corrected chi connectivity index (χ0v) is 14.9. The monoisotopic (exact) mass is 379 g/mol. The van der Waals surface area contributed by atoms with E-state index in [9.17, 15) is 4.39 Å². The third-order valence-corrected chi connectivity index (χ3v) is 4.41. The normalized spacial score (nSPS) is 11.9. The maximum Gasteiger partial charge on any atom is 0.249 e. The second-order valence-electron chi connectivity index (χ2n) is 5.92. The van der Waals surface area contributed by atoms with Gasteiger partial charge in [0, 0.05) is 5.69 Å². The summed E-state index contributed by atoms with van der Waals surface area (Å²) < 4.78 is 19.1. The number of anilines is 1. The number of hydrogen-bond donors (Lipinski definition) is 1. The fraction of sp³-hybridized carbons (Fsp3) is 0.0476. The van der Waals surface area contributed by atoms with Gasteiger partial charge in [0.05, 0.1) is 10.6 Å². The summed E-state index contributed by atoms with van der Waals surface area (Å²) in [4.78, 5) is 0. The molecule has 0 radical (unpaired) electrons. The number of hydrogen-bond acceptors (Lipinski definition) is 4. The summed E-state index contributed by atoms with van der Waals surface area (Å²) in [6, 6.07) is 22.7. The molecule has 0 aliphatic rings. The van der Waals surface area contributed by atoms with Gasteiger partial charge in [0.15, 0.2) is 0 Å². The van der Waals surface area contributed by atoms with Gasteiger partial charge in [0.25, 0.3) is 0 Å². The Kier molecular flexibility index (Phi) is 4.85. The smallest absolute Gasteiger partial charge is 0.249 e. The van der Waals surface area contributed by atoms with Gasteiger partial charge in [-0.25, -0.2) is 4.39 Å². The first-order valence-corrected chi connectivity index (χ1v) is 8.74. The van der Waals surface area contributed by atoms with Gasteiger partial charge in [-0.1, -0.05) is 54.1 Å². The quantitative estimate of drug-likeness (QED) is 0.481. The Morgan fingerprint density at radius 1 is 0.852 bits per heavy atom. The Labute approximate surface area is 160 Å². The fourth-order valence-electron chi connectivity index (χ4n) is 2.74. The number of nitrogens with zero attached hydrogens (tertiary/aromatic N) is 2. The van der Waals surface area contributed by atoms with Crippen LogP contribution < -0.4 is 5.32 Å². The lowest BCUT2D eigenvalue weighted by molar-refractivity contribution is 0.494. The molecule has 0 saturated carbocycles. The molecule has 0 aliphatic carbocycles. The molecule has 4 aromatic rings. The van der Waals surface area contributed by atoms with Crippen LogP contribution in [0.1, 0.15) is 17.5 Å². The average Bonchev–Trinajstić information content (AvgIpc) is 3.18. The highest BCUT2D eigenvalue weighted by Crippen LogP contribution is 2.31. The van der Waals surface area contributed by atoms with Crippen LogP contribution in [0.25, 0.3) is 11.5 Å². The summed E-state index contributed by atoms with van der Waals surface area (Å²) in [5.41, 5.74) is 2.35. The van der Waals surface area contributed by atoms with Gasteiger partial charge in [-0.05, 0) is 42.0 Å². The average molecular weight is 380 g/mol. The van der Waals surface area contributed by atoms with Gasteiger partial charge < -0.3 is 9.73 Å². The molecule has 1 atom stereocenters. The lowest BCUT2D eigenvalue weighted by Crippen LogP contribution is -2.12. The molecule has 0 spiro atoms. The first-order chi connectivity index (χ1) is 13.2. The van der Waals surface area contributed by atoms with Crippen molar-refractivity contribution in [3.63, 3.8) is 0 Å². The van der Waals surface area contributed by atoms with Crippen molar-refractivity contribution >= 4 is 17.3 Å². The second kappa shape index (κ2) is 7.60. The zero-order chi connectivity index (χ0) is 18.6. The summed E-state index contributed by atoms with van der Waals surface area (Å²) in [7, 11) is 0. The van der Waals surface area contributed by atoms with E-state index in [4.69, 9.17) is 16.0 Å². The van der Waals surface area contributed by atoms with E-state index in [0.717, 1.165) is 11.3 Å². The topological polar surface area (TPSA) is 51.0 Å². The molecule has 0 aliphatic heterocycles. The lowest BCUT2D eigenvalue weighted by Gasteiger charge is -2.17. The van der Waals surface area contributed by atoms with Gasteiger partial charge in [-0.3, -0.25) is 0 Å². The molecule has 6 heteroatoms. The van der Waals surface area contributed by atoms with E-state index < -0.39 is 0 Å². The lowest BCUT2D eigenvalue weighted by atomic mass is 10.1. The molecule has 1 heterocycles. The van der Waals surface area contributed by atoms with E-state index in [0.29, 0.717) is 22.4 Å². The van der Waals surface area contributed by atoms with E-state index in [1.165, 1.54) is 12.1 Å². The molecule has 0 unspecified atom stereocenters. The summed E-state index contributed by atoms with van der Waals surface area (Å²) in [6.45, 7) is 0. The van der Waals surface area contributed by atoms with Crippen LogP contribution in [-0.4, -0.2) is 10.2 Å². The number of nitrogens with one attached hydrogen (secondary N) is 1. The SMILES string of the molecule is Fc1ccc(N[C@@H](c2ccccc2)c2nnc(-c3ccccc3Cl)o2)cc1. The highest BCUT2D eigenvalue weighted by molar-refractivity contribution is 6.33. The van der Waals surface area contributed by atoms with Gasteiger partial charge in [0.1, 0.15) is 11.9 Å². The van der Waals surface area contributed by atoms with Crippen LogP contribution in [0.5, 0.6) is 0 Å².